The summed E-state index contributed by atoms with van der Waals surface area (Å²) in [5, 5.41) is 18.9. The molecule has 5 N–H and O–H groups in total. The number of nitrogens with zero attached hydrogens (tertiary/aromatic N) is 1. The molecule has 4 atom stereocenters. The minimum absolute atomic E-state index is 0.0149. The summed E-state index contributed by atoms with van der Waals surface area (Å²) in [6.07, 6.45) is 1.27. The first-order chi connectivity index (χ1) is 23.1. The lowest BCUT2D eigenvalue weighted by atomic mass is 9.98. The smallest absolute Gasteiger partial charge is 0.408 e. The van der Waals surface area contributed by atoms with Crippen LogP contribution in [0.2, 0.25) is 0 Å². The molecule has 0 aliphatic rings. The lowest BCUT2D eigenvalue weighted by Gasteiger charge is -2.25. The van der Waals surface area contributed by atoms with Gasteiger partial charge in [0.15, 0.2) is 6.23 Å². The zero-order valence-corrected chi connectivity index (χ0v) is 27.4. The monoisotopic (exact) mass is 675 g/mol. The predicted molar refractivity (Wildman–Crippen MR) is 179 cm³/mol. The van der Waals surface area contributed by atoms with E-state index in [0.29, 0.717) is 11.5 Å². The number of hydrogen-bond donors (Lipinski definition) is 5. The fourth-order valence-electron chi connectivity index (χ4n) is 4.97. The molecule has 1 aromatic heterocycles. The van der Waals surface area contributed by atoms with Crippen LogP contribution in [-0.4, -0.2) is 63.1 Å². The maximum atomic E-state index is 14.0. The summed E-state index contributed by atoms with van der Waals surface area (Å²) in [4.78, 5) is 70.8. The number of carbonyl (C=O) groups is 4. The summed E-state index contributed by atoms with van der Waals surface area (Å²) >= 11 is 0. The molecule has 4 rings (SSSR count). The molecule has 3 aromatic carbocycles. The molecule has 13 nitrogen and oxygen atoms in total. The third-order valence-corrected chi connectivity index (χ3v) is 8.07. The molecule has 14 heteroatoms. The van der Waals surface area contributed by atoms with E-state index in [1.807, 2.05) is 74.5 Å². The highest BCUT2D eigenvalue weighted by atomic mass is 31.1. The summed E-state index contributed by atoms with van der Waals surface area (Å²) < 4.78 is 10.8. The Morgan fingerprint density at radius 1 is 0.917 bits per heavy atom. The standard InChI is InChI=1S/C34H38N5O8P/c1-22(2)15-30(47-48(45)20-31(40)41)39-33(43)29(17-26-18-35-21-36-26)37-32(42)28(38-34(44)46-19-23-9-4-3-5-10-23)16-25-13-8-12-24-11-6-7-14-27(24)25/h3-14,18,20-22,28-30H,15-17,19H2,1-2H3,(H,35,36)(H,37,42)(H,38,44)(H,39,43)(H,40,41)/t28-,29-,30-/m0/s1. The van der Waals surface area contributed by atoms with E-state index in [0.717, 1.165) is 21.9 Å². The summed E-state index contributed by atoms with van der Waals surface area (Å²) in [5.74, 6) is -2.30. The highest BCUT2D eigenvalue weighted by Gasteiger charge is 2.31. The Morgan fingerprint density at radius 3 is 2.31 bits per heavy atom. The third kappa shape index (κ3) is 11.3. The molecule has 0 saturated heterocycles. The molecule has 1 heterocycles. The van der Waals surface area contributed by atoms with E-state index < -0.39 is 50.2 Å². The van der Waals surface area contributed by atoms with Gasteiger partial charge in [-0.2, -0.15) is 4.52 Å². The van der Waals surface area contributed by atoms with Gasteiger partial charge in [-0.05, 0) is 34.2 Å². The molecule has 0 radical (unpaired) electrons. The van der Waals surface area contributed by atoms with E-state index in [2.05, 4.69) is 25.9 Å². The quantitative estimate of drug-likeness (QED) is 0.0876. The minimum atomic E-state index is -2.74. The molecule has 4 aromatic rings. The van der Waals surface area contributed by atoms with Gasteiger partial charge < -0.3 is 35.7 Å². The van der Waals surface area contributed by atoms with E-state index in [1.54, 1.807) is 12.1 Å². The lowest BCUT2D eigenvalue weighted by Crippen LogP contribution is -2.56. The van der Waals surface area contributed by atoms with Gasteiger partial charge >= 0.3 is 12.1 Å². The fraction of sp³-hybridized carbons (Fsp3) is 0.294. The van der Waals surface area contributed by atoms with Crippen LogP contribution >= 0.6 is 8.00 Å². The van der Waals surface area contributed by atoms with Crippen molar-refractivity contribution in [2.24, 2.45) is 5.92 Å². The second-order valence-corrected chi connectivity index (χ2v) is 12.5. The first-order valence-electron chi connectivity index (χ1n) is 15.3. The van der Waals surface area contributed by atoms with Crippen LogP contribution in [0.4, 0.5) is 4.79 Å². The number of carboxylic acid groups (broad SMARTS) is 1. The number of rotatable bonds is 16. The largest absolute Gasteiger partial charge is 0.603 e. The number of aromatic nitrogens is 2. The molecule has 0 aliphatic heterocycles. The van der Waals surface area contributed by atoms with Crippen LogP contribution in [0.1, 0.15) is 37.1 Å². The minimum Gasteiger partial charge on any atom is -0.603 e. The van der Waals surface area contributed by atoms with Crippen LogP contribution < -0.4 is 20.8 Å². The number of nitrogens with one attached hydrogen (secondary N) is 4. The molecule has 0 spiro atoms. The van der Waals surface area contributed by atoms with Crippen LogP contribution in [0.5, 0.6) is 0 Å². The molecular weight excluding hydrogens is 637 g/mol. The number of carboxylic acids is 1. The molecular formula is C34H38N5O8P. The summed E-state index contributed by atoms with van der Waals surface area (Å²) in [7, 11) is -2.74. The number of H-pyrrole nitrogens is 1. The molecule has 0 aliphatic carbocycles. The first-order valence-corrected chi connectivity index (χ1v) is 16.5. The molecule has 1 unspecified atom stereocenters. The zero-order chi connectivity index (χ0) is 34.5. The average Bonchev–Trinajstić information content (AvgIpc) is 3.56. The lowest BCUT2D eigenvalue weighted by molar-refractivity contribution is -0.177. The van der Waals surface area contributed by atoms with Crippen molar-refractivity contribution in [2.75, 3.05) is 0 Å². The van der Waals surface area contributed by atoms with Gasteiger partial charge in [0.25, 0.3) is 0 Å². The van der Waals surface area contributed by atoms with Crippen LogP contribution in [0.15, 0.2) is 85.3 Å². The molecule has 48 heavy (non-hydrogen) atoms. The van der Waals surface area contributed by atoms with E-state index in [9.17, 15) is 24.1 Å². The van der Waals surface area contributed by atoms with Gasteiger partial charge in [-0.15, -0.1) is 0 Å². The van der Waals surface area contributed by atoms with Crippen molar-refractivity contribution in [3.05, 3.63) is 102 Å². The van der Waals surface area contributed by atoms with E-state index in [-0.39, 0.29) is 31.8 Å². The number of fused-ring (bicyclic) bond motifs is 1. The summed E-state index contributed by atoms with van der Waals surface area (Å²) in [5.41, 5.74) is 2.08. The first kappa shape index (κ1) is 35.7. The fourth-order valence-corrected chi connectivity index (χ4v) is 5.60. The van der Waals surface area contributed by atoms with Crippen molar-refractivity contribution in [1.82, 2.24) is 25.9 Å². The second kappa shape index (κ2) is 17.7. The number of hydrogen-bond acceptors (Lipinski definition) is 8. The van der Waals surface area contributed by atoms with Crippen molar-refractivity contribution >= 4 is 48.4 Å². The van der Waals surface area contributed by atoms with Gasteiger partial charge in [0.1, 0.15) is 18.7 Å². The number of imidazole rings is 1. The number of amides is 3. The highest BCUT2D eigenvalue weighted by molar-refractivity contribution is 7.47. The van der Waals surface area contributed by atoms with Crippen LogP contribution in [0.3, 0.4) is 0 Å². The van der Waals surface area contributed by atoms with Crippen LogP contribution in [-0.2, 0) is 43.1 Å². The van der Waals surface area contributed by atoms with Crippen molar-refractivity contribution in [3.8, 4) is 0 Å². The van der Waals surface area contributed by atoms with Crippen molar-refractivity contribution in [2.45, 2.75) is 58.0 Å². The van der Waals surface area contributed by atoms with Gasteiger partial charge in [-0.25, -0.2) is 14.6 Å². The number of aromatic amines is 1. The maximum Gasteiger partial charge on any atom is 0.408 e. The topological polar surface area (TPSA) is 195 Å². The van der Waals surface area contributed by atoms with Gasteiger partial charge in [0, 0.05) is 24.7 Å². The highest BCUT2D eigenvalue weighted by Crippen LogP contribution is 2.21. The van der Waals surface area contributed by atoms with E-state index in [4.69, 9.17) is 14.4 Å². The van der Waals surface area contributed by atoms with Gasteiger partial charge in [-0.3, -0.25) is 9.59 Å². The number of carbonyl (C=O) groups excluding carboxylic acids is 3. The molecule has 0 bridgehead atoms. The summed E-state index contributed by atoms with van der Waals surface area (Å²) in [6.45, 7) is 3.68. The Hall–Kier alpha value is -5.10. The third-order valence-electron chi connectivity index (χ3n) is 7.17. The Kier molecular flexibility index (Phi) is 13.2. The number of alkyl carbamates (subject to hydrolysis) is 1. The van der Waals surface area contributed by atoms with Crippen molar-refractivity contribution in [1.29, 1.82) is 0 Å². The summed E-state index contributed by atoms with van der Waals surface area (Å²) in [6, 6.07) is 20.0. The van der Waals surface area contributed by atoms with Crippen molar-refractivity contribution < 1.29 is 38.4 Å². The Morgan fingerprint density at radius 2 is 1.60 bits per heavy atom. The number of aliphatic carboxylic acids is 1. The van der Waals surface area contributed by atoms with Gasteiger partial charge in [-0.1, -0.05) is 86.6 Å². The average molecular weight is 676 g/mol. The van der Waals surface area contributed by atoms with Crippen LogP contribution in [0, 0.1) is 5.92 Å². The number of ether oxygens (including phenoxy) is 1. The van der Waals surface area contributed by atoms with Crippen LogP contribution in [0.25, 0.3) is 10.8 Å². The normalized spacial score (nSPS) is 13.4. The van der Waals surface area contributed by atoms with Gasteiger partial charge in [0.2, 0.25) is 25.6 Å². The Labute approximate surface area is 278 Å². The van der Waals surface area contributed by atoms with Crippen molar-refractivity contribution in [3.63, 3.8) is 0 Å². The Bertz CT molecular complexity index is 1710. The zero-order valence-electron chi connectivity index (χ0n) is 26.5. The molecule has 0 saturated carbocycles. The molecule has 0 fully saturated rings. The van der Waals surface area contributed by atoms with Gasteiger partial charge in [0.05, 0.1) is 6.33 Å². The molecule has 252 valence electrons. The maximum absolute atomic E-state index is 14.0. The molecule has 3 amide bonds. The SMILES string of the molecule is CC(C)C[C@@H](NC(=O)[C@H](Cc1cnc[nH]1)NC(=O)[C@H](Cc1cccc2ccccc12)NC(=O)OCc1ccccc1)O[P+]([O-])=CC(=O)O. The van der Waals surface area contributed by atoms with E-state index in [1.165, 1.54) is 12.5 Å². The Balaban J connectivity index is 1.57. The number of benzene rings is 3. The second-order valence-electron chi connectivity index (χ2n) is 11.4. The predicted octanol–water partition coefficient (Wildman–Crippen LogP) is 3.19. The van der Waals surface area contributed by atoms with E-state index >= 15 is 0 Å².